The maximum atomic E-state index is 12.1. The summed E-state index contributed by atoms with van der Waals surface area (Å²) in [6.07, 6.45) is 1.98. The molecule has 1 aliphatic rings. The Labute approximate surface area is 137 Å². The molecule has 0 heterocycles. The molecule has 0 aliphatic heterocycles. The molecule has 0 atom stereocenters. The number of hydrogen-bond acceptors (Lipinski definition) is 4. The molecule has 1 saturated carbocycles. The normalized spacial score (nSPS) is 14.6. The first kappa shape index (κ1) is 17.6. The first-order valence-corrected chi connectivity index (χ1v) is 9.52. The zero-order valence-electron chi connectivity index (χ0n) is 13.8. The first-order valence-electron chi connectivity index (χ1n) is 7.87. The summed E-state index contributed by atoms with van der Waals surface area (Å²) in [6, 6.07) is 6.86. The van der Waals surface area contributed by atoms with Crippen LogP contribution in [0, 0.1) is 0 Å². The molecule has 0 spiro atoms. The van der Waals surface area contributed by atoms with Gasteiger partial charge in [0.2, 0.25) is 15.9 Å². The van der Waals surface area contributed by atoms with Gasteiger partial charge >= 0.3 is 0 Å². The summed E-state index contributed by atoms with van der Waals surface area (Å²) in [6.45, 7) is 6.24. The number of hydrogen-bond donors (Lipinski definition) is 1. The highest BCUT2D eigenvalue weighted by Gasteiger charge is 2.33. The third-order valence-electron chi connectivity index (χ3n) is 3.46. The highest BCUT2D eigenvalue weighted by Crippen LogP contribution is 2.26. The van der Waals surface area contributed by atoms with Crippen molar-refractivity contribution in [2.45, 2.75) is 45.8 Å². The molecule has 1 aliphatic carbocycles. The van der Waals surface area contributed by atoms with Crippen LogP contribution in [0.25, 0.3) is 0 Å². The van der Waals surface area contributed by atoms with Crippen molar-refractivity contribution in [3.05, 3.63) is 24.3 Å². The molecule has 0 unspecified atom stereocenters. The molecule has 1 amide bonds. The van der Waals surface area contributed by atoms with Crippen LogP contribution >= 0.6 is 0 Å². The minimum absolute atomic E-state index is 0.0533. The predicted octanol–water partition coefficient (Wildman–Crippen LogP) is 2.23. The monoisotopic (exact) mass is 340 g/mol. The molecule has 6 nitrogen and oxygen atoms in total. The lowest BCUT2D eigenvalue weighted by Crippen LogP contribution is -2.38. The zero-order valence-corrected chi connectivity index (χ0v) is 14.6. The SMILES string of the molecule is CCN(C(=O)CS(=O)(=O)Nc1ccc(OC(C)C)cc1)C1CC1. The second-order valence-corrected chi connectivity index (χ2v) is 7.69. The standard InChI is InChI=1S/C16H24N2O4S/c1-4-18(14-7-8-14)16(19)11-23(20,21)17-13-5-9-15(10-6-13)22-12(2)3/h5-6,9-10,12,14,17H,4,7-8,11H2,1-3H3. The number of carbonyl (C=O) groups excluding carboxylic acids is 1. The molecule has 7 heteroatoms. The zero-order chi connectivity index (χ0) is 17.0. The van der Waals surface area contributed by atoms with Crippen LogP contribution < -0.4 is 9.46 Å². The Morgan fingerprint density at radius 2 is 1.91 bits per heavy atom. The van der Waals surface area contributed by atoms with E-state index in [4.69, 9.17) is 4.74 Å². The van der Waals surface area contributed by atoms with Crippen LogP contribution in [0.15, 0.2) is 24.3 Å². The van der Waals surface area contributed by atoms with Crippen molar-refractivity contribution in [1.82, 2.24) is 4.90 Å². The molecule has 2 rings (SSSR count). The van der Waals surface area contributed by atoms with E-state index in [1.54, 1.807) is 29.2 Å². The average Bonchev–Trinajstić information content (AvgIpc) is 3.25. The number of anilines is 1. The molecule has 1 aromatic rings. The van der Waals surface area contributed by atoms with Gasteiger partial charge in [-0.05, 0) is 57.9 Å². The molecule has 1 fully saturated rings. The van der Waals surface area contributed by atoms with E-state index in [0.29, 0.717) is 18.0 Å². The van der Waals surface area contributed by atoms with Gasteiger partial charge in [0.25, 0.3) is 0 Å². The Bertz CT molecular complexity index is 637. The number of rotatable bonds is 8. The van der Waals surface area contributed by atoms with E-state index < -0.39 is 15.8 Å². The lowest BCUT2D eigenvalue weighted by molar-refractivity contribution is -0.128. The van der Waals surface area contributed by atoms with Crippen LogP contribution in [0.3, 0.4) is 0 Å². The highest BCUT2D eigenvalue weighted by molar-refractivity contribution is 7.93. The Hall–Kier alpha value is -1.76. The number of benzene rings is 1. The van der Waals surface area contributed by atoms with Crippen LogP contribution in [-0.4, -0.2) is 43.7 Å². The number of amides is 1. The lowest BCUT2D eigenvalue weighted by Gasteiger charge is -2.20. The fraction of sp³-hybridized carbons (Fsp3) is 0.562. The van der Waals surface area contributed by atoms with Crippen LogP contribution in [0.5, 0.6) is 5.75 Å². The summed E-state index contributed by atoms with van der Waals surface area (Å²) >= 11 is 0. The van der Waals surface area contributed by atoms with Gasteiger partial charge in [0, 0.05) is 18.3 Å². The van der Waals surface area contributed by atoms with Gasteiger partial charge in [-0.3, -0.25) is 9.52 Å². The highest BCUT2D eigenvalue weighted by atomic mass is 32.2. The molecule has 128 valence electrons. The molecule has 0 aromatic heterocycles. The van der Waals surface area contributed by atoms with Crippen molar-refractivity contribution < 1.29 is 17.9 Å². The number of sulfonamides is 1. The molecule has 1 N–H and O–H groups in total. The van der Waals surface area contributed by atoms with E-state index in [9.17, 15) is 13.2 Å². The van der Waals surface area contributed by atoms with Crippen molar-refractivity contribution in [1.29, 1.82) is 0 Å². The van der Waals surface area contributed by atoms with Crippen LogP contribution in [-0.2, 0) is 14.8 Å². The maximum Gasteiger partial charge on any atom is 0.241 e. The van der Waals surface area contributed by atoms with Gasteiger partial charge in [-0.2, -0.15) is 0 Å². The second kappa shape index (κ2) is 7.21. The molecule has 0 radical (unpaired) electrons. The number of carbonyl (C=O) groups is 1. The van der Waals surface area contributed by atoms with Crippen molar-refractivity contribution in [3.63, 3.8) is 0 Å². The van der Waals surface area contributed by atoms with Crippen LogP contribution in [0.2, 0.25) is 0 Å². The minimum Gasteiger partial charge on any atom is -0.491 e. The van der Waals surface area contributed by atoms with Gasteiger partial charge < -0.3 is 9.64 Å². The van der Waals surface area contributed by atoms with E-state index in [1.165, 1.54) is 0 Å². The first-order chi connectivity index (χ1) is 10.8. The average molecular weight is 340 g/mol. The van der Waals surface area contributed by atoms with Gasteiger partial charge in [0.05, 0.1) is 6.10 Å². The second-order valence-electron chi connectivity index (χ2n) is 5.96. The number of ether oxygens (including phenoxy) is 1. The maximum absolute atomic E-state index is 12.1. The topological polar surface area (TPSA) is 75.7 Å². The van der Waals surface area contributed by atoms with Gasteiger partial charge in [0.1, 0.15) is 11.5 Å². The summed E-state index contributed by atoms with van der Waals surface area (Å²) < 4.78 is 32.2. The van der Waals surface area contributed by atoms with E-state index in [-0.39, 0.29) is 18.1 Å². The van der Waals surface area contributed by atoms with E-state index in [1.807, 2.05) is 20.8 Å². The molecule has 23 heavy (non-hydrogen) atoms. The number of nitrogens with zero attached hydrogens (tertiary/aromatic N) is 1. The Balaban J connectivity index is 1.96. The summed E-state index contributed by atoms with van der Waals surface area (Å²) in [4.78, 5) is 13.8. The Morgan fingerprint density at radius 1 is 1.30 bits per heavy atom. The molecule has 0 bridgehead atoms. The van der Waals surface area contributed by atoms with Gasteiger partial charge in [-0.25, -0.2) is 8.42 Å². The Morgan fingerprint density at radius 3 is 2.39 bits per heavy atom. The fourth-order valence-corrected chi connectivity index (χ4v) is 3.42. The van der Waals surface area contributed by atoms with E-state index in [0.717, 1.165) is 12.8 Å². The summed E-state index contributed by atoms with van der Waals surface area (Å²) in [5, 5.41) is 0. The summed E-state index contributed by atoms with van der Waals surface area (Å²) in [7, 11) is -3.71. The van der Waals surface area contributed by atoms with E-state index in [2.05, 4.69) is 4.72 Å². The van der Waals surface area contributed by atoms with Crippen molar-refractivity contribution in [2.75, 3.05) is 17.0 Å². The van der Waals surface area contributed by atoms with Crippen molar-refractivity contribution >= 4 is 21.6 Å². The van der Waals surface area contributed by atoms with Gasteiger partial charge in [-0.15, -0.1) is 0 Å². The van der Waals surface area contributed by atoms with Crippen LogP contribution in [0.1, 0.15) is 33.6 Å². The summed E-state index contributed by atoms with van der Waals surface area (Å²) in [5.74, 6) is -0.200. The lowest BCUT2D eigenvalue weighted by atomic mass is 10.3. The smallest absolute Gasteiger partial charge is 0.241 e. The predicted molar refractivity (Wildman–Crippen MR) is 90.0 cm³/mol. The largest absolute Gasteiger partial charge is 0.491 e. The molecule has 1 aromatic carbocycles. The van der Waals surface area contributed by atoms with Crippen molar-refractivity contribution in [2.24, 2.45) is 0 Å². The Kier molecular flexibility index (Phi) is 5.51. The quantitative estimate of drug-likeness (QED) is 0.787. The van der Waals surface area contributed by atoms with Gasteiger partial charge in [-0.1, -0.05) is 0 Å². The molecule has 0 saturated heterocycles. The van der Waals surface area contributed by atoms with Crippen molar-refractivity contribution in [3.8, 4) is 5.75 Å². The third kappa shape index (κ3) is 5.42. The minimum atomic E-state index is -3.71. The third-order valence-corrected chi connectivity index (χ3v) is 4.64. The van der Waals surface area contributed by atoms with Gasteiger partial charge in [0.15, 0.2) is 0 Å². The van der Waals surface area contributed by atoms with E-state index >= 15 is 0 Å². The molecular weight excluding hydrogens is 316 g/mol. The molecular formula is C16H24N2O4S. The fourth-order valence-electron chi connectivity index (χ4n) is 2.36. The number of nitrogens with one attached hydrogen (secondary N) is 1. The van der Waals surface area contributed by atoms with Crippen LogP contribution in [0.4, 0.5) is 5.69 Å². The summed E-state index contributed by atoms with van der Waals surface area (Å²) in [5.41, 5.74) is 0.420.